The quantitative estimate of drug-likeness (QED) is 0.672. The van der Waals surface area contributed by atoms with Crippen molar-refractivity contribution in [2.75, 3.05) is 57.6 Å². The molecule has 9 nitrogen and oxygen atoms in total. The Kier molecular flexibility index (Phi) is 7.11. The molecule has 31 heavy (non-hydrogen) atoms. The summed E-state index contributed by atoms with van der Waals surface area (Å²) in [6.07, 6.45) is 1.15. The lowest BCUT2D eigenvalue weighted by atomic mass is 10.1. The molecular formula is C21H28N4O5S. The molecule has 2 atom stereocenters. The fourth-order valence-corrected chi connectivity index (χ4v) is 5.06. The highest BCUT2D eigenvalue weighted by Crippen LogP contribution is 2.26. The van der Waals surface area contributed by atoms with Gasteiger partial charge in [0.15, 0.2) is 5.17 Å². The molecular weight excluding hydrogens is 420 g/mol. The summed E-state index contributed by atoms with van der Waals surface area (Å²) in [5.74, 6) is -0.799. The highest BCUT2D eigenvalue weighted by molar-refractivity contribution is 8.14. The monoisotopic (exact) mass is 448 g/mol. The van der Waals surface area contributed by atoms with Crippen LogP contribution < -0.4 is 5.32 Å². The smallest absolute Gasteiger partial charge is 0.337 e. The van der Waals surface area contributed by atoms with Gasteiger partial charge in [0.2, 0.25) is 5.91 Å². The molecule has 0 aliphatic carbocycles. The van der Waals surface area contributed by atoms with Crippen LogP contribution in [0.3, 0.4) is 0 Å². The summed E-state index contributed by atoms with van der Waals surface area (Å²) in [6.45, 7) is 5.32. The predicted molar refractivity (Wildman–Crippen MR) is 119 cm³/mol. The van der Waals surface area contributed by atoms with Crippen molar-refractivity contribution < 1.29 is 24.2 Å². The normalized spacial score (nSPS) is 24.3. The molecule has 0 radical (unpaired) electrons. The summed E-state index contributed by atoms with van der Waals surface area (Å²) < 4.78 is 10.8. The Bertz CT molecular complexity index is 858. The van der Waals surface area contributed by atoms with Crippen LogP contribution in [-0.4, -0.2) is 96.4 Å². The van der Waals surface area contributed by atoms with E-state index in [-0.39, 0.29) is 17.6 Å². The van der Waals surface area contributed by atoms with E-state index in [0.717, 1.165) is 43.3 Å². The number of methoxy groups -OCH3 is 1. The number of aliphatic imine (C=N–C) groups is 1. The summed E-state index contributed by atoms with van der Waals surface area (Å²) in [7, 11) is 1.71. The molecule has 10 heteroatoms. The minimum atomic E-state index is -1.06. The SMILES string of the molecule is CO[C@H]1CCN(C2=NC(C(=O)Nc3ccc(CN4CCOCC4)cc3C(=O)O)CS2)C1. The van der Waals surface area contributed by atoms with Crippen molar-refractivity contribution in [3.05, 3.63) is 29.3 Å². The number of carbonyl (C=O) groups is 2. The summed E-state index contributed by atoms with van der Waals surface area (Å²) >= 11 is 1.56. The fraction of sp³-hybridized carbons (Fsp3) is 0.571. The first-order chi connectivity index (χ1) is 15.0. The number of likely N-dealkylation sites (tertiary alicyclic amines) is 1. The third-order valence-electron chi connectivity index (χ3n) is 5.77. The molecule has 1 unspecified atom stereocenters. The zero-order valence-electron chi connectivity index (χ0n) is 17.6. The number of carbonyl (C=O) groups excluding carboxylic acids is 1. The number of ether oxygens (including phenoxy) is 2. The van der Waals surface area contributed by atoms with Gasteiger partial charge in [-0.1, -0.05) is 17.8 Å². The van der Waals surface area contributed by atoms with E-state index < -0.39 is 12.0 Å². The van der Waals surface area contributed by atoms with E-state index in [4.69, 9.17) is 9.47 Å². The second kappa shape index (κ2) is 9.99. The number of nitrogens with one attached hydrogen (secondary N) is 1. The highest BCUT2D eigenvalue weighted by atomic mass is 32.2. The number of anilines is 1. The standard InChI is InChI=1S/C21H28N4O5S/c1-29-15-4-5-25(12-15)21-23-18(13-31-21)19(26)22-17-3-2-14(10-16(17)20(27)28)11-24-6-8-30-9-7-24/h2-3,10,15,18H,4-9,11-13H2,1H3,(H,22,26)(H,27,28)/t15-,18?/m0/s1. The van der Waals surface area contributed by atoms with Crippen LogP contribution in [0.2, 0.25) is 0 Å². The minimum absolute atomic E-state index is 0.0939. The number of hydrogen-bond acceptors (Lipinski definition) is 8. The van der Waals surface area contributed by atoms with Crippen LogP contribution in [0, 0.1) is 0 Å². The average molecular weight is 449 g/mol. The van der Waals surface area contributed by atoms with Crippen LogP contribution in [0.5, 0.6) is 0 Å². The first-order valence-corrected chi connectivity index (χ1v) is 11.5. The highest BCUT2D eigenvalue weighted by Gasteiger charge is 2.32. The Morgan fingerprint density at radius 2 is 2.13 bits per heavy atom. The van der Waals surface area contributed by atoms with E-state index in [1.54, 1.807) is 31.0 Å². The molecule has 168 valence electrons. The molecule has 3 aliphatic heterocycles. The van der Waals surface area contributed by atoms with Gasteiger partial charge in [-0.15, -0.1) is 0 Å². The number of carboxylic acid groups (broad SMARTS) is 1. The lowest BCUT2D eigenvalue weighted by molar-refractivity contribution is -0.116. The summed E-state index contributed by atoms with van der Waals surface area (Å²) in [5.41, 5.74) is 1.30. The lowest BCUT2D eigenvalue weighted by Crippen LogP contribution is -2.35. The first kappa shape index (κ1) is 22.1. The second-order valence-corrected chi connectivity index (χ2v) is 8.88. The van der Waals surface area contributed by atoms with E-state index in [1.165, 1.54) is 0 Å². The number of benzene rings is 1. The van der Waals surface area contributed by atoms with Gasteiger partial charge in [0.1, 0.15) is 6.04 Å². The van der Waals surface area contributed by atoms with Gasteiger partial charge in [-0.3, -0.25) is 9.69 Å². The van der Waals surface area contributed by atoms with Gasteiger partial charge in [0.25, 0.3) is 0 Å². The van der Waals surface area contributed by atoms with Crippen LogP contribution in [0.25, 0.3) is 0 Å². The largest absolute Gasteiger partial charge is 0.478 e. The van der Waals surface area contributed by atoms with Crippen molar-refractivity contribution in [3.8, 4) is 0 Å². The van der Waals surface area contributed by atoms with E-state index >= 15 is 0 Å². The van der Waals surface area contributed by atoms with E-state index in [9.17, 15) is 14.7 Å². The molecule has 1 aromatic carbocycles. The Hall–Kier alpha value is -2.14. The summed E-state index contributed by atoms with van der Waals surface area (Å²) in [4.78, 5) is 33.5. The fourth-order valence-electron chi connectivity index (χ4n) is 3.97. The zero-order valence-corrected chi connectivity index (χ0v) is 18.4. The van der Waals surface area contributed by atoms with Gasteiger partial charge in [0, 0.05) is 45.6 Å². The maximum Gasteiger partial charge on any atom is 0.337 e. The Morgan fingerprint density at radius 1 is 1.32 bits per heavy atom. The van der Waals surface area contributed by atoms with Crippen LogP contribution in [0.15, 0.2) is 23.2 Å². The number of carboxylic acids is 1. The van der Waals surface area contributed by atoms with Gasteiger partial charge in [-0.25, -0.2) is 9.79 Å². The van der Waals surface area contributed by atoms with Crippen molar-refractivity contribution >= 4 is 34.5 Å². The Labute approximate surface area is 185 Å². The van der Waals surface area contributed by atoms with Crippen molar-refractivity contribution in [2.45, 2.75) is 25.1 Å². The molecule has 0 saturated carbocycles. The molecule has 4 rings (SSSR count). The molecule has 2 fully saturated rings. The van der Waals surface area contributed by atoms with Gasteiger partial charge < -0.3 is 24.8 Å². The van der Waals surface area contributed by atoms with Gasteiger partial charge in [-0.2, -0.15) is 0 Å². The number of nitrogens with zero attached hydrogens (tertiary/aromatic N) is 3. The molecule has 3 aliphatic rings. The zero-order chi connectivity index (χ0) is 21.8. The van der Waals surface area contributed by atoms with Crippen molar-refractivity contribution in [1.29, 1.82) is 0 Å². The Balaban J connectivity index is 1.41. The molecule has 2 saturated heterocycles. The molecule has 1 aromatic rings. The summed E-state index contributed by atoms with van der Waals surface area (Å²) in [5, 5.41) is 13.3. The molecule has 1 amide bonds. The third kappa shape index (κ3) is 5.38. The average Bonchev–Trinajstić information content (AvgIpc) is 3.45. The van der Waals surface area contributed by atoms with Crippen LogP contribution >= 0.6 is 11.8 Å². The summed E-state index contributed by atoms with van der Waals surface area (Å²) in [6, 6.07) is 4.65. The van der Waals surface area contributed by atoms with E-state index in [1.807, 2.05) is 6.07 Å². The minimum Gasteiger partial charge on any atom is -0.478 e. The number of rotatable bonds is 6. The van der Waals surface area contributed by atoms with Crippen LogP contribution in [0.1, 0.15) is 22.3 Å². The topological polar surface area (TPSA) is 104 Å². The number of aromatic carboxylic acids is 1. The number of morpholine rings is 1. The van der Waals surface area contributed by atoms with E-state index in [0.29, 0.717) is 31.2 Å². The molecule has 0 spiro atoms. The number of amides is 1. The lowest BCUT2D eigenvalue weighted by Gasteiger charge is -2.26. The van der Waals surface area contributed by atoms with E-state index in [2.05, 4.69) is 20.1 Å². The van der Waals surface area contributed by atoms with Crippen LogP contribution in [0.4, 0.5) is 5.69 Å². The maximum atomic E-state index is 12.8. The molecule has 3 heterocycles. The second-order valence-electron chi connectivity index (χ2n) is 7.89. The van der Waals surface area contributed by atoms with Gasteiger partial charge >= 0.3 is 5.97 Å². The molecule has 0 aromatic heterocycles. The predicted octanol–water partition coefficient (Wildman–Crippen LogP) is 1.35. The van der Waals surface area contributed by atoms with Crippen molar-refractivity contribution in [3.63, 3.8) is 0 Å². The number of amidine groups is 1. The maximum absolute atomic E-state index is 12.8. The molecule has 2 N–H and O–H groups in total. The Morgan fingerprint density at radius 3 is 2.84 bits per heavy atom. The molecule has 0 bridgehead atoms. The van der Waals surface area contributed by atoms with Crippen molar-refractivity contribution in [1.82, 2.24) is 9.80 Å². The first-order valence-electron chi connectivity index (χ1n) is 10.5. The van der Waals surface area contributed by atoms with Crippen LogP contribution in [-0.2, 0) is 20.8 Å². The van der Waals surface area contributed by atoms with Gasteiger partial charge in [0.05, 0.1) is 30.6 Å². The number of hydrogen-bond donors (Lipinski definition) is 2. The third-order valence-corrected chi connectivity index (χ3v) is 6.87. The number of thioether (sulfide) groups is 1. The van der Waals surface area contributed by atoms with Crippen molar-refractivity contribution in [2.24, 2.45) is 4.99 Å². The van der Waals surface area contributed by atoms with Gasteiger partial charge in [-0.05, 0) is 24.1 Å².